The summed E-state index contributed by atoms with van der Waals surface area (Å²) in [5, 5.41) is 10.0. The number of carbonyl (C=O) groups is 2. The van der Waals surface area contributed by atoms with Crippen molar-refractivity contribution in [3.63, 3.8) is 0 Å². The zero-order valence-electron chi connectivity index (χ0n) is 8.26. The van der Waals surface area contributed by atoms with Crippen molar-refractivity contribution in [2.45, 2.75) is 25.3 Å². The number of hydrogen-bond donors (Lipinski definition) is 1. The summed E-state index contributed by atoms with van der Waals surface area (Å²) >= 11 is 1.37. The van der Waals surface area contributed by atoms with E-state index in [9.17, 15) is 14.7 Å². The molecule has 0 aromatic rings. The Balaban J connectivity index is 2.64. The van der Waals surface area contributed by atoms with Crippen LogP contribution in [0.2, 0.25) is 0 Å². The fraction of sp³-hybridized carbons (Fsp3) is 0.750. The highest BCUT2D eigenvalue weighted by atomic mass is 32.2. The average Bonchev–Trinajstić information content (AvgIpc) is 2.08. The molecule has 1 heterocycles. The van der Waals surface area contributed by atoms with Gasteiger partial charge in [0.15, 0.2) is 0 Å². The van der Waals surface area contributed by atoms with Crippen LogP contribution in [0.4, 0.5) is 0 Å². The van der Waals surface area contributed by atoms with Crippen molar-refractivity contribution in [3.05, 3.63) is 0 Å². The molecule has 1 saturated heterocycles. The van der Waals surface area contributed by atoms with Gasteiger partial charge in [-0.25, -0.2) is 0 Å². The van der Waals surface area contributed by atoms with Gasteiger partial charge in [-0.3, -0.25) is 9.59 Å². The van der Waals surface area contributed by atoms with Crippen molar-refractivity contribution in [2.24, 2.45) is 5.92 Å². The Labute approximate surface area is 86.4 Å². The summed E-state index contributed by atoms with van der Waals surface area (Å²) in [6, 6.07) is 0. The van der Waals surface area contributed by atoms with E-state index in [2.05, 4.69) is 0 Å². The standard InChI is InChI=1S/C8H13NO4S/c1-4(10)6-7(12)9(8(6)14-3)13-5(2)11/h4,6,8,10H,1-3H3/t4-,6-,8+/m0/s1. The highest BCUT2D eigenvalue weighted by molar-refractivity contribution is 7.99. The van der Waals surface area contributed by atoms with Crippen LogP contribution in [-0.4, -0.2) is 39.8 Å². The third-order valence-electron chi connectivity index (χ3n) is 2.03. The summed E-state index contributed by atoms with van der Waals surface area (Å²) in [6.07, 6.45) is 1.08. The number of nitrogens with zero attached hydrogens (tertiary/aromatic N) is 1. The molecule has 0 spiro atoms. The minimum absolute atomic E-state index is 0.272. The Kier molecular flexibility index (Phi) is 3.38. The lowest BCUT2D eigenvalue weighted by molar-refractivity contribution is -0.231. The number of aliphatic hydroxyl groups excluding tert-OH is 1. The lowest BCUT2D eigenvalue weighted by Crippen LogP contribution is -2.62. The van der Waals surface area contributed by atoms with Crippen LogP contribution in [0.5, 0.6) is 0 Å². The highest BCUT2D eigenvalue weighted by Crippen LogP contribution is 2.36. The molecule has 6 heteroatoms. The number of amides is 1. The predicted molar refractivity (Wildman–Crippen MR) is 51.1 cm³/mol. The second-order valence-electron chi connectivity index (χ2n) is 3.14. The van der Waals surface area contributed by atoms with Crippen LogP contribution in [0.15, 0.2) is 0 Å². The van der Waals surface area contributed by atoms with Gasteiger partial charge in [-0.2, -0.15) is 5.06 Å². The molecule has 14 heavy (non-hydrogen) atoms. The lowest BCUT2D eigenvalue weighted by Gasteiger charge is -2.44. The SMILES string of the molecule is CS[C@@H]1[C@@H]([C@H](C)O)C(=O)N1OC(C)=O. The molecule has 0 saturated carbocycles. The third kappa shape index (κ3) is 1.85. The lowest BCUT2D eigenvalue weighted by atomic mass is 9.95. The third-order valence-corrected chi connectivity index (χ3v) is 3.00. The first-order valence-corrected chi connectivity index (χ1v) is 5.50. The maximum atomic E-state index is 11.4. The molecule has 5 nitrogen and oxygen atoms in total. The maximum absolute atomic E-state index is 11.4. The number of hydrogen-bond acceptors (Lipinski definition) is 5. The van der Waals surface area contributed by atoms with Gasteiger partial charge in [0.25, 0.3) is 5.91 Å². The smallest absolute Gasteiger partial charge is 0.329 e. The molecule has 1 N–H and O–H groups in total. The van der Waals surface area contributed by atoms with Crippen LogP contribution in [0.1, 0.15) is 13.8 Å². The van der Waals surface area contributed by atoms with Gasteiger partial charge in [-0.05, 0) is 13.2 Å². The highest BCUT2D eigenvalue weighted by Gasteiger charge is 2.52. The average molecular weight is 219 g/mol. The molecular formula is C8H13NO4S. The van der Waals surface area contributed by atoms with Gasteiger partial charge in [0.1, 0.15) is 11.3 Å². The van der Waals surface area contributed by atoms with E-state index in [0.29, 0.717) is 0 Å². The number of carbonyl (C=O) groups excluding carboxylic acids is 2. The minimum Gasteiger partial charge on any atom is -0.392 e. The Morgan fingerprint density at radius 3 is 2.64 bits per heavy atom. The van der Waals surface area contributed by atoms with Crippen LogP contribution in [0.3, 0.4) is 0 Å². The van der Waals surface area contributed by atoms with E-state index in [1.807, 2.05) is 0 Å². The molecule has 3 atom stereocenters. The monoisotopic (exact) mass is 219 g/mol. The van der Waals surface area contributed by atoms with Crippen molar-refractivity contribution < 1.29 is 19.5 Å². The molecule has 0 radical (unpaired) electrons. The van der Waals surface area contributed by atoms with Gasteiger partial charge in [-0.15, -0.1) is 11.8 Å². The van der Waals surface area contributed by atoms with E-state index >= 15 is 0 Å². The fourth-order valence-corrected chi connectivity index (χ4v) is 2.36. The summed E-state index contributed by atoms with van der Waals surface area (Å²) in [5.74, 6) is -1.33. The molecule has 1 aliphatic rings. The predicted octanol–water partition coefficient (Wildman–Crippen LogP) is -0.00720. The molecule has 1 fully saturated rings. The maximum Gasteiger partial charge on any atom is 0.329 e. The summed E-state index contributed by atoms with van der Waals surface area (Å²) in [5.41, 5.74) is 0. The van der Waals surface area contributed by atoms with Crippen molar-refractivity contribution in [1.29, 1.82) is 0 Å². The van der Waals surface area contributed by atoms with Gasteiger partial charge >= 0.3 is 5.97 Å². The molecule has 0 aliphatic carbocycles. The van der Waals surface area contributed by atoms with E-state index in [-0.39, 0.29) is 11.3 Å². The van der Waals surface area contributed by atoms with Gasteiger partial charge in [0, 0.05) is 6.92 Å². The topological polar surface area (TPSA) is 66.8 Å². The molecule has 1 amide bonds. The van der Waals surface area contributed by atoms with Crippen LogP contribution in [0.25, 0.3) is 0 Å². The van der Waals surface area contributed by atoms with Gasteiger partial charge < -0.3 is 9.94 Å². The quantitative estimate of drug-likeness (QED) is 0.676. The van der Waals surface area contributed by atoms with Crippen molar-refractivity contribution in [2.75, 3.05) is 6.26 Å². The van der Waals surface area contributed by atoms with Crippen LogP contribution in [0, 0.1) is 5.92 Å². The van der Waals surface area contributed by atoms with Crippen LogP contribution >= 0.6 is 11.8 Å². The van der Waals surface area contributed by atoms with E-state index in [1.165, 1.54) is 18.7 Å². The van der Waals surface area contributed by atoms with Gasteiger partial charge in [0.2, 0.25) is 0 Å². The summed E-state index contributed by atoms with van der Waals surface area (Å²) in [4.78, 5) is 26.7. The second kappa shape index (κ2) is 4.18. The summed E-state index contributed by atoms with van der Waals surface area (Å²) in [7, 11) is 0. The molecule has 0 unspecified atom stereocenters. The van der Waals surface area contributed by atoms with Crippen molar-refractivity contribution in [3.8, 4) is 0 Å². The molecule has 0 aromatic heterocycles. The number of thioether (sulfide) groups is 1. The minimum atomic E-state index is -0.716. The van der Waals surface area contributed by atoms with Crippen molar-refractivity contribution >= 4 is 23.6 Å². The van der Waals surface area contributed by atoms with E-state index < -0.39 is 18.0 Å². The first-order valence-electron chi connectivity index (χ1n) is 4.21. The van der Waals surface area contributed by atoms with E-state index in [0.717, 1.165) is 5.06 Å². The van der Waals surface area contributed by atoms with Crippen molar-refractivity contribution in [1.82, 2.24) is 5.06 Å². The fourth-order valence-electron chi connectivity index (χ4n) is 1.38. The van der Waals surface area contributed by atoms with Crippen LogP contribution in [-0.2, 0) is 14.4 Å². The van der Waals surface area contributed by atoms with Gasteiger partial charge in [0.05, 0.1) is 6.10 Å². The number of β-lactam (4-membered cyclic amide) rings is 1. The molecule has 0 aromatic carbocycles. The first kappa shape index (κ1) is 11.3. The summed E-state index contributed by atoms with van der Waals surface area (Å²) in [6.45, 7) is 2.79. The Bertz CT molecular complexity index is 256. The molecule has 1 rings (SSSR count). The van der Waals surface area contributed by atoms with Crippen LogP contribution < -0.4 is 0 Å². The molecule has 1 aliphatic heterocycles. The number of rotatable bonds is 3. The zero-order chi connectivity index (χ0) is 10.9. The molecule has 80 valence electrons. The van der Waals surface area contributed by atoms with E-state index in [1.54, 1.807) is 13.2 Å². The Morgan fingerprint density at radius 2 is 2.29 bits per heavy atom. The summed E-state index contributed by atoms with van der Waals surface area (Å²) < 4.78 is 0. The number of hydroxylamine groups is 2. The normalized spacial score (nSPS) is 28.3. The molecular weight excluding hydrogens is 206 g/mol. The Hall–Kier alpha value is -0.750. The van der Waals surface area contributed by atoms with E-state index in [4.69, 9.17) is 4.84 Å². The first-order chi connectivity index (χ1) is 6.49. The largest absolute Gasteiger partial charge is 0.392 e. The molecule has 0 bridgehead atoms. The second-order valence-corrected chi connectivity index (χ2v) is 4.09. The van der Waals surface area contributed by atoms with Gasteiger partial charge in [-0.1, -0.05) is 0 Å². The number of aliphatic hydroxyl groups is 1. The Morgan fingerprint density at radius 1 is 1.71 bits per heavy atom. The zero-order valence-corrected chi connectivity index (χ0v) is 9.08.